The van der Waals surface area contributed by atoms with Crippen molar-refractivity contribution in [1.82, 2.24) is 0 Å². The normalized spacial score (nSPS) is 11.3. The number of amides is 1. The molecule has 0 aliphatic heterocycles. The monoisotopic (exact) mass is 450 g/mol. The summed E-state index contributed by atoms with van der Waals surface area (Å²) in [5.41, 5.74) is 3.90. The predicted octanol–water partition coefficient (Wildman–Crippen LogP) is 6.22. The first-order chi connectivity index (χ1) is 16.4. The van der Waals surface area contributed by atoms with Gasteiger partial charge >= 0.3 is 5.97 Å². The second kappa shape index (κ2) is 10.0. The van der Waals surface area contributed by atoms with E-state index >= 15 is 0 Å². The van der Waals surface area contributed by atoms with Gasteiger partial charge in [0.2, 0.25) is 5.91 Å². The van der Waals surface area contributed by atoms with Gasteiger partial charge in [-0.3, -0.25) is 4.79 Å². The lowest BCUT2D eigenvalue weighted by Crippen LogP contribution is -2.18. The maximum Gasteiger partial charge on any atom is 0.337 e. The van der Waals surface area contributed by atoms with Gasteiger partial charge in [0.05, 0.1) is 11.3 Å². The van der Waals surface area contributed by atoms with Crippen molar-refractivity contribution in [2.75, 3.05) is 17.3 Å². The summed E-state index contributed by atoms with van der Waals surface area (Å²) >= 11 is 0. The summed E-state index contributed by atoms with van der Waals surface area (Å²) in [5.74, 6) is -1.47. The van der Waals surface area contributed by atoms with Crippen molar-refractivity contribution < 1.29 is 14.7 Å². The summed E-state index contributed by atoms with van der Waals surface area (Å²) in [7, 11) is 1.90. The third kappa shape index (κ3) is 5.33. The Kier molecular flexibility index (Phi) is 6.74. The van der Waals surface area contributed by atoms with E-state index in [0.29, 0.717) is 6.54 Å². The highest BCUT2D eigenvalue weighted by Crippen LogP contribution is 2.25. The van der Waals surface area contributed by atoms with Crippen LogP contribution in [0.3, 0.4) is 0 Å². The fourth-order valence-corrected chi connectivity index (χ4v) is 3.89. The third-order valence-electron chi connectivity index (χ3n) is 5.75. The Labute approximate surface area is 199 Å². The number of carbonyl (C=O) groups excluding carboxylic acids is 1. The lowest BCUT2D eigenvalue weighted by Gasteiger charge is -2.21. The Hall–Kier alpha value is -4.38. The molecule has 4 rings (SSSR count). The van der Waals surface area contributed by atoms with Crippen molar-refractivity contribution >= 4 is 39.6 Å². The number of carbonyl (C=O) groups is 2. The molecular weight excluding hydrogens is 424 g/mol. The number of rotatable bonds is 7. The molecule has 0 radical (unpaired) electrons. The van der Waals surface area contributed by atoms with E-state index in [1.54, 1.807) is 12.1 Å². The van der Waals surface area contributed by atoms with Crippen LogP contribution in [-0.2, 0) is 11.3 Å². The van der Waals surface area contributed by atoms with Crippen LogP contribution >= 0.6 is 0 Å². The molecule has 0 fully saturated rings. The van der Waals surface area contributed by atoms with Crippen molar-refractivity contribution in [3.63, 3.8) is 0 Å². The van der Waals surface area contributed by atoms with E-state index in [1.165, 1.54) is 6.08 Å². The van der Waals surface area contributed by atoms with Crippen molar-refractivity contribution in [2.24, 2.45) is 0 Å². The molecule has 2 N–H and O–H groups in total. The van der Waals surface area contributed by atoms with Gasteiger partial charge in [-0.1, -0.05) is 66.7 Å². The van der Waals surface area contributed by atoms with Crippen molar-refractivity contribution in [1.29, 1.82) is 0 Å². The molecule has 34 heavy (non-hydrogen) atoms. The van der Waals surface area contributed by atoms with Crippen LogP contribution in [0.1, 0.15) is 28.4 Å². The van der Waals surface area contributed by atoms with Crippen molar-refractivity contribution in [3.8, 4) is 0 Å². The van der Waals surface area contributed by atoms with E-state index in [-0.39, 0.29) is 17.2 Å². The predicted molar refractivity (Wildman–Crippen MR) is 138 cm³/mol. The topological polar surface area (TPSA) is 69.6 Å². The van der Waals surface area contributed by atoms with Crippen LogP contribution in [-0.4, -0.2) is 24.0 Å². The molecule has 0 bridgehead atoms. The summed E-state index contributed by atoms with van der Waals surface area (Å²) in [6.45, 7) is 2.50. The van der Waals surface area contributed by atoms with Crippen molar-refractivity contribution in [3.05, 3.63) is 114 Å². The summed E-state index contributed by atoms with van der Waals surface area (Å²) in [5, 5.41) is 14.7. The summed E-state index contributed by atoms with van der Waals surface area (Å²) in [6, 6.07) is 29.0. The number of anilines is 2. The first-order valence-corrected chi connectivity index (χ1v) is 11.0. The van der Waals surface area contributed by atoms with Gasteiger partial charge in [0.25, 0.3) is 0 Å². The van der Waals surface area contributed by atoms with Crippen molar-refractivity contribution in [2.45, 2.75) is 13.5 Å². The molecule has 5 nitrogen and oxygen atoms in total. The zero-order valence-corrected chi connectivity index (χ0v) is 19.2. The fraction of sp³-hybridized carbons (Fsp3) is 0.103. The quantitative estimate of drug-likeness (QED) is 0.328. The van der Waals surface area contributed by atoms with Crippen LogP contribution in [0.15, 0.2) is 97.1 Å². The first-order valence-electron chi connectivity index (χ1n) is 11.0. The second-order valence-electron chi connectivity index (χ2n) is 8.26. The molecular formula is C29H26N2O3. The average Bonchev–Trinajstić information content (AvgIpc) is 2.84. The largest absolute Gasteiger partial charge is 0.478 e. The number of benzene rings is 4. The maximum absolute atomic E-state index is 12.7. The molecule has 0 aliphatic carbocycles. The molecule has 0 spiro atoms. The van der Waals surface area contributed by atoms with Gasteiger partial charge in [0, 0.05) is 25.4 Å². The molecule has 0 aliphatic rings. The van der Waals surface area contributed by atoms with Crippen LogP contribution in [0.5, 0.6) is 0 Å². The van der Waals surface area contributed by atoms with Gasteiger partial charge < -0.3 is 15.3 Å². The smallest absolute Gasteiger partial charge is 0.337 e. The van der Waals surface area contributed by atoms with Crippen LogP contribution in [0, 0.1) is 0 Å². The Morgan fingerprint density at radius 1 is 0.882 bits per heavy atom. The minimum absolute atomic E-state index is 0.0440. The molecule has 0 aromatic heterocycles. The summed E-state index contributed by atoms with van der Waals surface area (Å²) in [6.07, 6.45) is 1.49. The van der Waals surface area contributed by atoms with E-state index < -0.39 is 5.97 Å². The van der Waals surface area contributed by atoms with E-state index in [9.17, 15) is 14.7 Å². The number of hydrogen-bond acceptors (Lipinski definition) is 3. The zero-order chi connectivity index (χ0) is 24.1. The molecule has 0 atom stereocenters. The van der Waals surface area contributed by atoms with E-state index in [0.717, 1.165) is 33.2 Å². The van der Waals surface area contributed by atoms with Gasteiger partial charge in [-0.15, -0.1) is 0 Å². The van der Waals surface area contributed by atoms with Gasteiger partial charge in [0.1, 0.15) is 0 Å². The first kappa shape index (κ1) is 22.8. The molecule has 1 amide bonds. The number of nitrogens with zero attached hydrogens (tertiary/aromatic N) is 1. The Balaban J connectivity index is 1.52. The minimum Gasteiger partial charge on any atom is -0.478 e. The number of carboxylic acid groups (broad SMARTS) is 1. The van der Waals surface area contributed by atoms with Crippen LogP contribution in [0.25, 0.3) is 16.3 Å². The molecule has 4 aromatic rings. The maximum atomic E-state index is 12.7. The highest BCUT2D eigenvalue weighted by atomic mass is 16.4. The molecule has 0 saturated carbocycles. The fourth-order valence-electron chi connectivity index (χ4n) is 3.89. The average molecular weight is 451 g/mol. The second-order valence-corrected chi connectivity index (χ2v) is 8.26. The highest BCUT2D eigenvalue weighted by molar-refractivity contribution is 6.07. The van der Waals surface area contributed by atoms with Gasteiger partial charge in [0.15, 0.2) is 0 Å². The number of carboxylic acids is 1. The zero-order valence-electron chi connectivity index (χ0n) is 19.2. The van der Waals surface area contributed by atoms with Crippen LogP contribution in [0.2, 0.25) is 0 Å². The number of fused-ring (bicyclic) bond motifs is 1. The Bertz CT molecular complexity index is 1380. The molecule has 0 unspecified atom stereocenters. The van der Waals surface area contributed by atoms with E-state index in [4.69, 9.17) is 0 Å². The van der Waals surface area contributed by atoms with Gasteiger partial charge in [-0.05, 0) is 58.7 Å². The number of allylic oxidation sites excluding steroid dienone is 1. The summed E-state index contributed by atoms with van der Waals surface area (Å²) < 4.78 is 0. The number of hydrogen-bond donors (Lipinski definition) is 2. The van der Waals surface area contributed by atoms with E-state index in [1.807, 2.05) is 97.7 Å². The van der Waals surface area contributed by atoms with Crippen LogP contribution < -0.4 is 10.2 Å². The molecule has 0 heterocycles. The summed E-state index contributed by atoms with van der Waals surface area (Å²) in [4.78, 5) is 26.6. The highest BCUT2D eigenvalue weighted by Gasteiger charge is 2.15. The molecule has 4 aromatic carbocycles. The standard InChI is InChI=1S/C29H26N2O3/c1-20(23-13-12-22-10-6-7-11-24(22)17-23)16-28(32)30-27-15-14-25(18-26(27)29(33)34)31(2)19-21-8-4-3-5-9-21/h3-18H,19H2,1-2H3,(H,30,32)(H,33,34)/b20-16-. The van der Waals surface area contributed by atoms with Gasteiger partial charge in [-0.2, -0.15) is 0 Å². The minimum atomic E-state index is -1.10. The molecule has 0 saturated heterocycles. The SMILES string of the molecule is C/C(=C/C(=O)Nc1ccc(N(C)Cc2ccccc2)cc1C(=O)O)c1ccc2ccccc2c1. The number of aromatic carboxylic acids is 1. The Morgan fingerprint density at radius 2 is 1.59 bits per heavy atom. The molecule has 5 heteroatoms. The Morgan fingerprint density at radius 3 is 2.32 bits per heavy atom. The molecule has 170 valence electrons. The third-order valence-corrected chi connectivity index (χ3v) is 5.75. The van der Waals surface area contributed by atoms with Crippen LogP contribution in [0.4, 0.5) is 11.4 Å². The number of nitrogens with one attached hydrogen (secondary N) is 1. The lowest BCUT2D eigenvalue weighted by molar-refractivity contribution is -0.111. The van der Waals surface area contributed by atoms with E-state index in [2.05, 4.69) is 5.32 Å². The lowest BCUT2D eigenvalue weighted by atomic mass is 10.0. The van der Waals surface area contributed by atoms with Gasteiger partial charge in [-0.25, -0.2) is 4.79 Å².